The molecule has 9 heteroatoms. The molecule has 4 rings (SSSR count). The topological polar surface area (TPSA) is 67.2 Å². The van der Waals surface area contributed by atoms with Crippen molar-refractivity contribution in [3.8, 4) is 0 Å². The van der Waals surface area contributed by atoms with E-state index in [0.29, 0.717) is 24.7 Å². The lowest BCUT2D eigenvalue weighted by atomic mass is 9.94. The third kappa shape index (κ3) is 4.41. The van der Waals surface area contributed by atoms with Crippen LogP contribution in [0.5, 0.6) is 0 Å². The van der Waals surface area contributed by atoms with Crippen LogP contribution in [-0.2, 0) is 23.6 Å². The van der Waals surface area contributed by atoms with Gasteiger partial charge >= 0.3 is 0 Å². The molecule has 1 N–H and O–H groups in total. The van der Waals surface area contributed by atoms with Crippen molar-refractivity contribution in [1.82, 2.24) is 19.2 Å². The van der Waals surface area contributed by atoms with E-state index in [-0.39, 0.29) is 22.8 Å². The van der Waals surface area contributed by atoms with Crippen LogP contribution >= 0.6 is 11.6 Å². The highest BCUT2D eigenvalue weighted by molar-refractivity contribution is 7.89. The van der Waals surface area contributed by atoms with E-state index in [1.54, 1.807) is 23.7 Å². The van der Waals surface area contributed by atoms with E-state index in [9.17, 15) is 12.8 Å². The van der Waals surface area contributed by atoms with Crippen molar-refractivity contribution >= 4 is 21.6 Å². The molecule has 1 aliphatic heterocycles. The van der Waals surface area contributed by atoms with Crippen LogP contribution < -0.4 is 5.32 Å². The fourth-order valence-electron chi connectivity index (χ4n) is 3.72. The predicted octanol–water partition coefficient (Wildman–Crippen LogP) is 3.16. The molecule has 2 unspecified atom stereocenters. The van der Waals surface area contributed by atoms with Gasteiger partial charge in [0, 0.05) is 49.9 Å². The van der Waals surface area contributed by atoms with Crippen LogP contribution in [0.2, 0.25) is 5.02 Å². The van der Waals surface area contributed by atoms with Gasteiger partial charge in [-0.25, -0.2) is 17.8 Å². The van der Waals surface area contributed by atoms with E-state index in [0.717, 1.165) is 11.1 Å². The third-order valence-electron chi connectivity index (χ3n) is 5.35. The SMILES string of the molecule is Cn1cnc(S(=O)(=O)N2CC(NCc3ccc(Cl)cc3)C(c3ccc(F)cc3)C2)c1. The minimum atomic E-state index is -3.72. The van der Waals surface area contributed by atoms with Gasteiger partial charge in [0.25, 0.3) is 10.0 Å². The molecule has 2 heterocycles. The first-order chi connectivity index (χ1) is 14.3. The summed E-state index contributed by atoms with van der Waals surface area (Å²) in [6, 6.07) is 13.6. The third-order valence-corrected chi connectivity index (χ3v) is 7.32. The second-order valence-corrected chi connectivity index (χ2v) is 9.79. The van der Waals surface area contributed by atoms with E-state index in [1.165, 1.54) is 29.0 Å². The maximum Gasteiger partial charge on any atom is 0.262 e. The van der Waals surface area contributed by atoms with Gasteiger partial charge in [-0.3, -0.25) is 0 Å². The van der Waals surface area contributed by atoms with Crippen LogP contribution in [0, 0.1) is 5.82 Å². The lowest BCUT2D eigenvalue weighted by Crippen LogP contribution is -2.36. The van der Waals surface area contributed by atoms with Crippen molar-refractivity contribution in [3.63, 3.8) is 0 Å². The maximum atomic E-state index is 13.4. The summed E-state index contributed by atoms with van der Waals surface area (Å²) in [6.07, 6.45) is 2.97. The number of aromatic nitrogens is 2. The molecule has 1 saturated heterocycles. The fourth-order valence-corrected chi connectivity index (χ4v) is 5.31. The molecule has 2 atom stereocenters. The van der Waals surface area contributed by atoms with Gasteiger partial charge in [-0.15, -0.1) is 0 Å². The highest BCUT2D eigenvalue weighted by Gasteiger charge is 2.40. The average molecular weight is 449 g/mol. The summed E-state index contributed by atoms with van der Waals surface area (Å²) in [6.45, 7) is 1.16. The number of aryl methyl sites for hydroxylation is 1. The van der Waals surface area contributed by atoms with Crippen molar-refractivity contribution in [2.45, 2.75) is 23.5 Å². The average Bonchev–Trinajstić information content (AvgIpc) is 3.35. The normalized spacial score (nSPS) is 20.0. The van der Waals surface area contributed by atoms with Gasteiger partial charge in [-0.05, 0) is 35.4 Å². The Bertz CT molecular complexity index is 1120. The molecule has 0 radical (unpaired) electrons. The quantitative estimate of drug-likeness (QED) is 0.629. The number of halogens is 2. The van der Waals surface area contributed by atoms with Gasteiger partial charge in [0.1, 0.15) is 5.82 Å². The Kier molecular flexibility index (Phi) is 5.92. The molecule has 6 nitrogen and oxygen atoms in total. The van der Waals surface area contributed by atoms with Crippen LogP contribution in [0.1, 0.15) is 17.0 Å². The molecule has 0 bridgehead atoms. The number of sulfonamides is 1. The zero-order chi connectivity index (χ0) is 21.3. The molecule has 30 heavy (non-hydrogen) atoms. The molecule has 0 amide bonds. The monoisotopic (exact) mass is 448 g/mol. The number of benzene rings is 2. The lowest BCUT2D eigenvalue weighted by molar-refractivity contribution is 0.454. The van der Waals surface area contributed by atoms with Crippen molar-refractivity contribution in [1.29, 1.82) is 0 Å². The molecular weight excluding hydrogens is 427 g/mol. The molecule has 158 valence electrons. The Morgan fingerprint density at radius 3 is 2.47 bits per heavy atom. The van der Waals surface area contributed by atoms with Gasteiger partial charge in [0.15, 0.2) is 5.03 Å². The summed E-state index contributed by atoms with van der Waals surface area (Å²) in [5.74, 6) is -0.434. The summed E-state index contributed by atoms with van der Waals surface area (Å²) in [7, 11) is -1.99. The first-order valence-corrected chi connectivity index (χ1v) is 11.4. The molecule has 1 aromatic heterocycles. The second-order valence-electron chi connectivity index (χ2n) is 7.47. The Labute approximate surface area is 180 Å². The molecule has 0 aliphatic carbocycles. The number of nitrogens with zero attached hydrogens (tertiary/aromatic N) is 3. The van der Waals surface area contributed by atoms with Crippen molar-refractivity contribution in [2.24, 2.45) is 7.05 Å². The highest BCUT2D eigenvalue weighted by atomic mass is 35.5. The van der Waals surface area contributed by atoms with Crippen LogP contribution in [0.15, 0.2) is 66.1 Å². The van der Waals surface area contributed by atoms with E-state index in [2.05, 4.69) is 10.3 Å². The number of hydrogen-bond donors (Lipinski definition) is 1. The number of nitrogens with one attached hydrogen (secondary N) is 1. The molecule has 1 fully saturated rings. The zero-order valence-electron chi connectivity index (χ0n) is 16.4. The minimum Gasteiger partial charge on any atom is -0.339 e. The summed E-state index contributed by atoms with van der Waals surface area (Å²) < 4.78 is 42.6. The van der Waals surface area contributed by atoms with E-state index in [4.69, 9.17) is 11.6 Å². The van der Waals surface area contributed by atoms with Crippen LogP contribution in [0.3, 0.4) is 0 Å². The Morgan fingerprint density at radius 2 is 1.83 bits per heavy atom. The standard InChI is InChI=1S/C21H22ClFN4O2S/c1-26-13-21(25-14-26)30(28,29)27-11-19(16-4-8-18(23)9-5-16)20(12-27)24-10-15-2-6-17(22)7-3-15/h2-9,13-14,19-20,24H,10-12H2,1H3. The summed E-state index contributed by atoms with van der Waals surface area (Å²) in [5.41, 5.74) is 1.94. The first-order valence-electron chi connectivity index (χ1n) is 9.54. The minimum absolute atomic E-state index is 0.0289. The van der Waals surface area contributed by atoms with Crippen LogP contribution in [0.25, 0.3) is 0 Å². The Balaban J connectivity index is 1.58. The zero-order valence-corrected chi connectivity index (χ0v) is 17.9. The summed E-state index contributed by atoms with van der Waals surface area (Å²) >= 11 is 5.95. The number of imidazole rings is 1. The lowest BCUT2D eigenvalue weighted by Gasteiger charge is -2.20. The highest BCUT2D eigenvalue weighted by Crippen LogP contribution is 2.31. The number of rotatable bonds is 6. The van der Waals surface area contributed by atoms with Crippen molar-refractivity contribution in [3.05, 3.63) is 83.0 Å². The Morgan fingerprint density at radius 1 is 1.13 bits per heavy atom. The maximum absolute atomic E-state index is 13.4. The predicted molar refractivity (Wildman–Crippen MR) is 113 cm³/mol. The van der Waals surface area contributed by atoms with E-state index >= 15 is 0 Å². The summed E-state index contributed by atoms with van der Waals surface area (Å²) in [5, 5.41) is 4.16. The molecule has 1 aliphatic rings. The van der Waals surface area contributed by atoms with Gasteiger partial charge in [0.05, 0.1) is 6.33 Å². The van der Waals surface area contributed by atoms with Gasteiger partial charge in [-0.2, -0.15) is 4.31 Å². The van der Waals surface area contributed by atoms with E-state index < -0.39 is 10.0 Å². The molecule has 2 aromatic carbocycles. The first kappa shape index (κ1) is 21.0. The van der Waals surface area contributed by atoms with Crippen LogP contribution in [-0.4, -0.2) is 41.4 Å². The fraction of sp³-hybridized carbons (Fsp3) is 0.286. The molecular formula is C21H22ClFN4O2S. The molecule has 0 saturated carbocycles. The molecule has 0 spiro atoms. The van der Waals surface area contributed by atoms with Crippen LogP contribution in [0.4, 0.5) is 4.39 Å². The smallest absolute Gasteiger partial charge is 0.262 e. The van der Waals surface area contributed by atoms with Gasteiger partial charge in [0.2, 0.25) is 0 Å². The molecule has 3 aromatic rings. The van der Waals surface area contributed by atoms with E-state index in [1.807, 2.05) is 24.3 Å². The largest absolute Gasteiger partial charge is 0.339 e. The second kappa shape index (κ2) is 8.47. The summed E-state index contributed by atoms with van der Waals surface area (Å²) in [4.78, 5) is 4.02. The number of hydrogen-bond acceptors (Lipinski definition) is 4. The van der Waals surface area contributed by atoms with Crippen molar-refractivity contribution < 1.29 is 12.8 Å². The van der Waals surface area contributed by atoms with Gasteiger partial charge in [-0.1, -0.05) is 35.9 Å². The van der Waals surface area contributed by atoms with Crippen molar-refractivity contribution in [2.75, 3.05) is 13.1 Å². The Hall–Kier alpha value is -2.26. The van der Waals surface area contributed by atoms with Gasteiger partial charge < -0.3 is 9.88 Å².